The SMILES string of the molecule is CCOc1ccc(Cc2cc(C3OC4COCC4(O)C(OCc4ccccc4)C3OCc3ccccc3)ccc2Cl)cc1. The Balaban J connectivity index is 1.32. The minimum Gasteiger partial charge on any atom is -0.494 e. The molecule has 6 nitrogen and oxygen atoms in total. The van der Waals surface area contributed by atoms with Crippen LogP contribution in [0.1, 0.15) is 40.8 Å². The summed E-state index contributed by atoms with van der Waals surface area (Å²) in [6.45, 7) is 3.64. The van der Waals surface area contributed by atoms with Gasteiger partial charge in [0.25, 0.3) is 0 Å². The molecule has 4 aromatic carbocycles. The third-order valence-electron chi connectivity index (χ3n) is 8.15. The van der Waals surface area contributed by atoms with Crippen molar-refractivity contribution in [2.75, 3.05) is 19.8 Å². The van der Waals surface area contributed by atoms with Crippen LogP contribution in [0.2, 0.25) is 5.02 Å². The molecular weight excluding hydrogens is 564 g/mol. The molecule has 224 valence electrons. The third-order valence-corrected chi connectivity index (χ3v) is 8.51. The molecule has 5 atom stereocenters. The lowest BCUT2D eigenvalue weighted by Gasteiger charge is -2.48. The van der Waals surface area contributed by atoms with Crippen LogP contribution in [0, 0.1) is 0 Å². The van der Waals surface area contributed by atoms with Gasteiger partial charge in [-0.3, -0.25) is 0 Å². The number of fused-ring (bicyclic) bond motifs is 1. The quantitative estimate of drug-likeness (QED) is 0.207. The number of benzene rings is 4. The van der Waals surface area contributed by atoms with Crippen molar-refractivity contribution >= 4 is 11.6 Å². The van der Waals surface area contributed by atoms with Gasteiger partial charge < -0.3 is 28.8 Å². The first kappa shape index (κ1) is 29.8. The summed E-state index contributed by atoms with van der Waals surface area (Å²) >= 11 is 6.72. The Labute approximate surface area is 258 Å². The number of hydrogen-bond donors (Lipinski definition) is 1. The maximum absolute atomic E-state index is 11.9. The molecule has 1 N–H and O–H groups in total. The predicted octanol–water partition coefficient (Wildman–Crippen LogP) is 6.70. The average Bonchev–Trinajstić information content (AvgIpc) is 3.43. The molecule has 2 saturated heterocycles. The lowest BCUT2D eigenvalue weighted by molar-refractivity contribution is -0.282. The first-order valence-corrected chi connectivity index (χ1v) is 15.2. The zero-order chi connectivity index (χ0) is 29.6. The fourth-order valence-corrected chi connectivity index (χ4v) is 6.08. The van der Waals surface area contributed by atoms with Crippen molar-refractivity contribution in [3.05, 3.63) is 136 Å². The highest BCUT2D eigenvalue weighted by Gasteiger charge is 2.60. The molecule has 2 aliphatic rings. The van der Waals surface area contributed by atoms with E-state index in [1.807, 2.05) is 91.9 Å². The monoisotopic (exact) mass is 600 g/mol. The van der Waals surface area contributed by atoms with E-state index in [-0.39, 0.29) is 13.2 Å². The number of hydrogen-bond acceptors (Lipinski definition) is 6. The second-order valence-corrected chi connectivity index (χ2v) is 11.5. The summed E-state index contributed by atoms with van der Waals surface area (Å²) in [6, 6.07) is 34.0. The summed E-state index contributed by atoms with van der Waals surface area (Å²) in [7, 11) is 0. The summed E-state index contributed by atoms with van der Waals surface area (Å²) in [5.41, 5.74) is 3.67. The van der Waals surface area contributed by atoms with Crippen LogP contribution in [0.5, 0.6) is 5.75 Å². The molecule has 6 rings (SSSR count). The Bertz CT molecular complexity index is 1460. The van der Waals surface area contributed by atoms with E-state index in [0.29, 0.717) is 31.3 Å². The van der Waals surface area contributed by atoms with Gasteiger partial charge in [0, 0.05) is 5.02 Å². The van der Waals surface area contributed by atoms with Gasteiger partial charge in [0.15, 0.2) is 0 Å². The van der Waals surface area contributed by atoms with Gasteiger partial charge in [0.2, 0.25) is 0 Å². The molecule has 0 aliphatic carbocycles. The van der Waals surface area contributed by atoms with E-state index in [9.17, 15) is 5.11 Å². The van der Waals surface area contributed by atoms with Crippen molar-refractivity contribution in [3.8, 4) is 5.75 Å². The minimum atomic E-state index is -1.36. The van der Waals surface area contributed by atoms with Gasteiger partial charge >= 0.3 is 0 Å². The molecule has 2 fully saturated rings. The maximum Gasteiger partial charge on any atom is 0.145 e. The van der Waals surface area contributed by atoms with E-state index < -0.39 is 30.0 Å². The molecule has 0 amide bonds. The molecule has 4 aromatic rings. The van der Waals surface area contributed by atoms with Gasteiger partial charge in [0.05, 0.1) is 33.0 Å². The average molecular weight is 601 g/mol. The smallest absolute Gasteiger partial charge is 0.145 e. The Hall–Kier alpha value is -3.23. The molecule has 2 aliphatic heterocycles. The van der Waals surface area contributed by atoms with Crippen LogP contribution in [0.3, 0.4) is 0 Å². The third kappa shape index (κ3) is 6.80. The summed E-state index contributed by atoms with van der Waals surface area (Å²) < 4.78 is 31.2. The molecule has 5 unspecified atom stereocenters. The zero-order valence-corrected chi connectivity index (χ0v) is 25.0. The standard InChI is InChI=1S/C36H37ClO6/c1-2-40-30-16-13-25(14-17-30)19-29-20-28(15-18-31(29)37)33-34(41-21-26-9-5-3-6-10-26)35(36(38)24-39-23-32(36)43-33)42-22-27-11-7-4-8-12-27/h3-18,20,32-35,38H,2,19,21-24H2,1H3. The van der Waals surface area contributed by atoms with E-state index in [1.165, 1.54) is 0 Å². The minimum absolute atomic E-state index is 0.110. The topological polar surface area (TPSA) is 66.4 Å². The molecule has 0 spiro atoms. The normalized spacial score (nSPS) is 24.9. The summed E-state index contributed by atoms with van der Waals surface area (Å²) in [6.07, 6.45) is -1.77. The van der Waals surface area contributed by atoms with Crippen LogP contribution in [0.25, 0.3) is 0 Å². The van der Waals surface area contributed by atoms with Crippen molar-refractivity contribution < 1.29 is 28.8 Å². The first-order valence-electron chi connectivity index (χ1n) is 14.8. The van der Waals surface area contributed by atoms with Crippen molar-refractivity contribution in [2.45, 2.75) is 56.6 Å². The zero-order valence-electron chi connectivity index (χ0n) is 24.2. The maximum atomic E-state index is 11.9. The second-order valence-electron chi connectivity index (χ2n) is 11.1. The largest absolute Gasteiger partial charge is 0.494 e. The number of aliphatic hydroxyl groups is 1. The Morgan fingerprint density at radius 1 is 0.837 bits per heavy atom. The van der Waals surface area contributed by atoms with Crippen LogP contribution in [-0.2, 0) is 38.6 Å². The van der Waals surface area contributed by atoms with Gasteiger partial charge in [-0.1, -0.05) is 96.5 Å². The van der Waals surface area contributed by atoms with Crippen LogP contribution in [-0.4, -0.2) is 48.8 Å². The van der Waals surface area contributed by atoms with Crippen molar-refractivity contribution in [1.29, 1.82) is 0 Å². The summed E-state index contributed by atoms with van der Waals surface area (Å²) in [5, 5.41) is 12.6. The highest BCUT2D eigenvalue weighted by molar-refractivity contribution is 6.31. The number of ether oxygens (including phenoxy) is 5. The van der Waals surface area contributed by atoms with E-state index >= 15 is 0 Å². The number of rotatable bonds is 11. The molecular formula is C36H37ClO6. The Morgan fingerprint density at radius 3 is 2.19 bits per heavy atom. The van der Waals surface area contributed by atoms with E-state index in [1.54, 1.807) is 0 Å². The van der Waals surface area contributed by atoms with Crippen LogP contribution >= 0.6 is 11.6 Å². The molecule has 7 heteroatoms. The van der Waals surface area contributed by atoms with Gasteiger partial charge in [-0.25, -0.2) is 0 Å². The summed E-state index contributed by atoms with van der Waals surface area (Å²) in [4.78, 5) is 0. The molecule has 2 heterocycles. The van der Waals surface area contributed by atoms with Gasteiger partial charge in [-0.05, 0) is 59.4 Å². The lowest BCUT2D eigenvalue weighted by Crippen LogP contribution is -2.64. The Morgan fingerprint density at radius 2 is 1.51 bits per heavy atom. The molecule has 0 aromatic heterocycles. The highest BCUT2D eigenvalue weighted by Crippen LogP contribution is 2.44. The number of halogens is 1. The second kappa shape index (κ2) is 13.6. The van der Waals surface area contributed by atoms with Crippen LogP contribution in [0.15, 0.2) is 103 Å². The van der Waals surface area contributed by atoms with Gasteiger partial charge in [0.1, 0.15) is 35.8 Å². The van der Waals surface area contributed by atoms with Crippen LogP contribution in [0.4, 0.5) is 0 Å². The molecule has 43 heavy (non-hydrogen) atoms. The van der Waals surface area contributed by atoms with Gasteiger partial charge in [-0.15, -0.1) is 0 Å². The fourth-order valence-electron chi connectivity index (χ4n) is 5.89. The van der Waals surface area contributed by atoms with Gasteiger partial charge in [-0.2, -0.15) is 0 Å². The lowest BCUT2D eigenvalue weighted by atomic mass is 9.81. The fraction of sp³-hybridized carbons (Fsp3) is 0.333. The van der Waals surface area contributed by atoms with Crippen LogP contribution < -0.4 is 4.74 Å². The molecule has 0 bridgehead atoms. The van der Waals surface area contributed by atoms with E-state index in [4.69, 9.17) is 35.3 Å². The summed E-state index contributed by atoms with van der Waals surface area (Å²) in [5.74, 6) is 0.841. The highest BCUT2D eigenvalue weighted by atomic mass is 35.5. The van der Waals surface area contributed by atoms with Crippen molar-refractivity contribution in [3.63, 3.8) is 0 Å². The Kier molecular flexibility index (Phi) is 9.43. The molecule has 0 radical (unpaired) electrons. The first-order chi connectivity index (χ1) is 21.0. The molecule has 0 saturated carbocycles. The van der Waals surface area contributed by atoms with Crippen molar-refractivity contribution in [2.24, 2.45) is 0 Å². The van der Waals surface area contributed by atoms with E-state index in [0.717, 1.165) is 33.6 Å². The predicted molar refractivity (Wildman–Crippen MR) is 165 cm³/mol. The van der Waals surface area contributed by atoms with Crippen molar-refractivity contribution in [1.82, 2.24) is 0 Å². The van der Waals surface area contributed by atoms with E-state index in [2.05, 4.69) is 18.2 Å².